The number of benzene rings is 1. The highest BCUT2D eigenvalue weighted by atomic mass is 19.4. The van der Waals surface area contributed by atoms with Crippen molar-refractivity contribution in [1.82, 2.24) is 4.98 Å². The number of hydrogen-bond acceptors (Lipinski definition) is 3. The van der Waals surface area contributed by atoms with E-state index in [1.807, 2.05) is 6.92 Å². The molecule has 0 aliphatic carbocycles. The van der Waals surface area contributed by atoms with Crippen LogP contribution in [0.15, 0.2) is 24.3 Å². The van der Waals surface area contributed by atoms with Gasteiger partial charge in [0, 0.05) is 18.5 Å². The molecule has 0 bridgehead atoms. The number of pyridine rings is 1. The number of alkyl halides is 3. The third-order valence-corrected chi connectivity index (χ3v) is 4.14. The van der Waals surface area contributed by atoms with E-state index < -0.39 is 12.1 Å². The SMILES string of the molecule is Cc1cc(N2CCCCCC2)nc2ccc(F)cc12.O=C(O)C(F)(F)F. The minimum Gasteiger partial charge on any atom is -0.475 e. The Morgan fingerprint density at radius 3 is 2.23 bits per heavy atom. The largest absolute Gasteiger partial charge is 0.490 e. The fraction of sp³-hybridized carbons (Fsp3) is 0.444. The molecule has 0 amide bonds. The van der Waals surface area contributed by atoms with Crippen LogP contribution in [0.5, 0.6) is 0 Å². The number of fused-ring (bicyclic) bond motifs is 1. The zero-order valence-electron chi connectivity index (χ0n) is 14.3. The molecule has 142 valence electrons. The molecule has 8 heteroatoms. The van der Waals surface area contributed by atoms with Crippen LogP contribution < -0.4 is 4.90 Å². The number of carboxylic acids is 1. The average Bonchev–Trinajstić information content (AvgIpc) is 2.84. The van der Waals surface area contributed by atoms with Crippen LogP contribution in [0.25, 0.3) is 10.9 Å². The van der Waals surface area contributed by atoms with Crippen LogP contribution >= 0.6 is 0 Å². The Bertz CT molecular complexity index is 770. The summed E-state index contributed by atoms with van der Waals surface area (Å²) < 4.78 is 45.0. The third-order valence-electron chi connectivity index (χ3n) is 4.14. The van der Waals surface area contributed by atoms with E-state index in [0.29, 0.717) is 0 Å². The van der Waals surface area contributed by atoms with Crippen LogP contribution in [0, 0.1) is 12.7 Å². The fourth-order valence-electron chi connectivity index (χ4n) is 2.81. The molecule has 0 saturated carbocycles. The molecule has 1 fully saturated rings. The van der Waals surface area contributed by atoms with Crippen molar-refractivity contribution in [3.05, 3.63) is 35.6 Å². The highest BCUT2D eigenvalue weighted by Gasteiger charge is 2.38. The van der Waals surface area contributed by atoms with E-state index in [0.717, 1.165) is 35.4 Å². The second kappa shape index (κ2) is 8.33. The van der Waals surface area contributed by atoms with Gasteiger partial charge in [-0.2, -0.15) is 13.2 Å². The Labute approximate surface area is 148 Å². The van der Waals surface area contributed by atoms with Gasteiger partial charge in [-0.25, -0.2) is 14.2 Å². The Kier molecular flexibility index (Phi) is 6.39. The zero-order valence-corrected chi connectivity index (χ0v) is 14.3. The Hall–Kier alpha value is -2.38. The monoisotopic (exact) mass is 372 g/mol. The Morgan fingerprint density at radius 2 is 1.69 bits per heavy atom. The first-order valence-corrected chi connectivity index (χ1v) is 8.30. The van der Waals surface area contributed by atoms with Crippen LogP contribution in [0.2, 0.25) is 0 Å². The molecular formula is C18H20F4N2O2. The fourth-order valence-corrected chi connectivity index (χ4v) is 2.81. The number of hydrogen-bond donors (Lipinski definition) is 1. The van der Waals surface area contributed by atoms with Gasteiger partial charge < -0.3 is 10.0 Å². The highest BCUT2D eigenvalue weighted by molar-refractivity contribution is 5.84. The number of rotatable bonds is 1. The summed E-state index contributed by atoms with van der Waals surface area (Å²) in [5.41, 5.74) is 1.99. The van der Waals surface area contributed by atoms with Crippen molar-refractivity contribution in [2.75, 3.05) is 18.0 Å². The molecular weight excluding hydrogens is 352 g/mol. The smallest absolute Gasteiger partial charge is 0.475 e. The summed E-state index contributed by atoms with van der Waals surface area (Å²) in [6.45, 7) is 4.20. The van der Waals surface area contributed by atoms with E-state index in [-0.39, 0.29) is 5.82 Å². The zero-order chi connectivity index (χ0) is 19.3. The molecule has 2 heterocycles. The van der Waals surface area contributed by atoms with Gasteiger partial charge in [0.05, 0.1) is 5.52 Å². The van der Waals surface area contributed by atoms with Crippen LogP contribution in [-0.4, -0.2) is 35.3 Å². The molecule has 2 aromatic rings. The summed E-state index contributed by atoms with van der Waals surface area (Å²) in [5, 5.41) is 8.04. The molecule has 0 spiro atoms. The Morgan fingerprint density at radius 1 is 1.12 bits per heavy atom. The standard InChI is InChI=1S/C16H19FN2.C2HF3O2/c1-12-10-16(19-8-4-2-3-5-9-19)18-15-7-6-13(17)11-14(12)15;3-2(4,5)1(6)7/h6-7,10-11H,2-5,8-9H2,1H3;(H,6,7). The number of halogens is 4. The number of aryl methyl sites for hydroxylation is 1. The van der Waals surface area contributed by atoms with Gasteiger partial charge in [0.1, 0.15) is 11.6 Å². The van der Waals surface area contributed by atoms with Gasteiger partial charge in [-0.3, -0.25) is 0 Å². The molecule has 3 rings (SSSR count). The molecule has 1 aliphatic heterocycles. The summed E-state index contributed by atoms with van der Waals surface area (Å²) >= 11 is 0. The van der Waals surface area contributed by atoms with Crippen LogP contribution in [0.4, 0.5) is 23.4 Å². The number of carboxylic acid groups (broad SMARTS) is 1. The summed E-state index contributed by atoms with van der Waals surface area (Å²) in [6, 6.07) is 6.93. The van der Waals surface area contributed by atoms with Gasteiger partial charge in [-0.05, 0) is 49.6 Å². The number of aliphatic carboxylic acids is 1. The van der Waals surface area contributed by atoms with Gasteiger partial charge in [-0.15, -0.1) is 0 Å². The first-order valence-electron chi connectivity index (χ1n) is 8.30. The molecule has 0 radical (unpaired) electrons. The van der Waals surface area contributed by atoms with E-state index in [4.69, 9.17) is 14.9 Å². The van der Waals surface area contributed by atoms with Crippen molar-refractivity contribution in [2.45, 2.75) is 38.8 Å². The molecule has 1 aromatic carbocycles. The van der Waals surface area contributed by atoms with Gasteiger partial charge in [0.25, 0.3) is 0 Å². The van der Waals surface area contributed by atoms with E-state index in [2.05, 4.69) is 11.0 Å². The maximum absolute atomic E-state index is 13.3. The third kappa shape index (κ3) is 5.31. The molecule has 1 N–H and O–H groups in total. The topological polar surface area (TPSA) is 53.4 Å². The molecule has 1 aliphatic rings. The minimum atomic E-state index is -5.08. The number of carbonyl (C=O) groups is 1. The first-order chi connectivity index (χ1) is 12.2. The van der Waals surface area contributed by atoms with Crippen molar-refractivity contribution in [3.63, 3.8) is 0 Å². The predicted molar refractivity (Wildman–Crippen MR) is 90.8 cm³/mol. The molecule has 0 unspecified atom stereocenters. The summed E-state index contributed by atoms with van der Waals surface area (Å²) in [6.07, 6.45) is 0.0207. The molecule has 1 aromatic heterocycles. The van der Waals surface area contributed by atoms with E-state index in [1.54, 1.807) is 12.1 Å². The first kappa shape index (κ1) is 19.9. The van der Waals surface area contributed by atoms with Crippen molar-refractivity contribution in [3.8, 4) is 0 Å². The van der Waals surface area contributed by atoms with Gasteiger partial charge in [0.2, 0.25) is 0 Å². The van der Waals surface area contributed by atoms with Crippen LogP contribution in [0.3, 0.4) is 0 Å². The molecule has 0 atom stereocenters. The van der Waals surface area contributed by atoms with Gasteiger partial charge in [0.15, 0.2) is 0 Å². The van der Waals surface area contributed by atoms with Crippen LogP contribution in [0.1, 0.15) is 31.2 Å². The predicted octanol–water partition coefficient (Wildman–Crippen LogP) is 4.70. The quantitative estimate of drug-likeness (QED) is 0.738. The highest BCUT2D eigenvalue weighted by Crippen LogP contribution is 2.25. The molecule has 26 heavy (non-hydrogen) atoms. The van der Waals surface area contributed by atoms with E-state index in [9.17, 15) is 17.6 Å². The number of anilines is 1. The lowest BCUT2D eigenvalue weighted by Crippen LogP contribution is -2.24. The normalized spacial score (nSPS) is 15.2. The van der Waals surface area contributed by atoms with Gasteiger partial charge >= 0.3 is 12.1 Å². The maximum Gasteiger partial charge on any atom is 0.490 e. The second-order valence-corrected chi connectivity index (χ2v) is 6.16. The second-order valence-electron chi connectivity index (χ2n) is 6.16. The number of aromatic nitrogens is 1. The lowest BCUT2D eigenvalue weighted by Gasteiger charge is -2.22. The van der Waals surface area contributed by atoms with Crippen molar-refractivity contribution >= 4 is 22.7 Å². The van der Waals surface area contributed by atoms with Gasteiger partial charge in [-0.1, -0.05) is 12.8 Å². The lowest BCUT2D eigenvalue weighted by atomic mass is 10.1. The number of nitrogens with zero attached hydrogens (tertiary/aromatic N) is 2. The van der Waals surface area contributed by atoms with E-state index in [1.165, 1.54) is 31.7 Å². The minimum absolute atomic E-state index is 0.195. The van der Waals surface area contributed by atoms with E-state index >= 15 is 0 Å². The van der Waals surface area contributed by atoms with Crippen molar-refractivity contribution < 1.29 is 27.5 Å². The van der Waals surface area contributed by atoms with Crippen LogP contribution in [-0.2, 0) is 4.79 Å². The summed E-state index contributed by atoms with van der Waals surface area (Å²) in [5.74, 6) is -1.91. The lowest BCUT2D eigenvalue weighted by molar-refractivity contribution is -0.192. The van der Waals surface area contributed by atoms with Crippen molar-refractivity contribution in [2.24, 2.45) is 0 Å². The molecule has 1 saturated heterocycles. The summed E-state index contributed by atoms with van der Waals surface area (Å²) in [4.78, 5) is 16.0. The maximum atomic E-state index is 13.3. The average molecular weight is 372 g/mol. The molecule has 4 nitrogen and oxygen atoms in total. The summed E-state index contributed by atoms with van der Waals surface area (Å²) in [7, 11) is 0. The Balaban J connectivity index is 0.000000298. The van der Waals surface area contributed by atoms with Crippen molar-refractivity contribution in [1.29, 1.82) is 0 Å².